The minimum Gasteiger partial charge on any atom is -0.496 e. The number of rotatable bonds is 6. The summed E-state index contributed by atoms with van der Waals surface area (Å²) in [5.74, 6) is 0.238. The summed E-state index contributed by atoms with van der Waals surface area (Å²) >= 11 is 0. The van der Waals surface area contributed by atoms with E-state index < -0.39 is 12.0 Å². The summed E-state index contributed by atoms with van der Waals surface area (Å²) in [6, 6.07) is 6.75. The Balaban J connectivity index is 2.10. The fraction of sp³-hybridized carbons (Fsp3) is 0.467. The van der Waals surface area contributed by atoms with E-state index in [1.807, 2.05) is 24.3 Å². The predicted octanol–water partition coefficient (Wildman–Crippen LogP) is 1.31. The molecule has 0 saturated heterocycles. The number of amides is 1. The quantitative estimate of drug-likeness (QED) is 0.796. The number of esters is 1. The topological polar surface area (TPSA) is 64.6 Å². The zero-order chi connectivity index (χ0) is 14.5. The van der Waals surface area contributed by atoms with E-state index in [-0.39, 0.29) is 11.8 Å². The van der Waals surface area contributed by atoms with Gasteiger partial charge in [-0.25, -0.2) is 4.79 Å². The van der Waals surface area contributed by atoms with Crippen LogP contribution in [0.25, 0.3) is 0 Å². The van der Waals surface area contributed by atoms with E-state index in [1.165, 1.54) is 7.11 Å². The van der Waals surface area contributed by atoms with Gasteiger partial charge in [0.05, 0.1) is 14.2 Å². The Bertz CT molecular complexity index is 496. The van der Waals surface area contributed by atoms with E-state index in [2.05, 4.69) is 5.32 Å². The van der Waals surface area contributed by atoms with Gasteiger partial charge in [-0.15, -0.1) is 0 Å². The number of nitrogens with one attached hydrogen (secondary N) is 1. The number of methoxy groups -OCH3 is 2. The van der Waals surface area contributed by atoms with Gasteiger partial charge in [0.1, 0.15) is 11.8 Å². The number of carbonyl (C=O) groups excluding carboxylic acids is 2. The van der Waals surface area contributed by atoms with Crippen LogP contribution in [0.1, 0.15) is 18.4 Å². The first kappa shape index (κ1) is 14.4. The number of hydrogen-bond donors (Lipinski definition) is 1. The Morgan fingerprint density at radius 3 is 2.60 bits per heavy atom. The molecule has 20 heavy (non-hydrogen) atoms. The largest absolute Gasteiger partial charge is 0.496 e. The van der Waals surface area contributed by atoms with Gasteiger partial charge in [0.25, 0.3) is 0 Å². The normalized spacial score (nSPS) is 15.3. The van der Waals surface area contributed by atoms with Crippen molar-refractivity contribution in [3.05, 3.63) is 29.8 Å². The van der Waals surface area contributed by atoms with Crippen LogP contribution in [-0.4, -0.2) is 32.1 Å². The van der Waals surface area contributed by atoms with Crippen LogP contribution in [0.2, 0.25) is 0 Å². The van der Waals surface area contributed by atoms with Gasteiger partial charge < -0.3 is 14.8 Å². The Morgan fingerprint density at radius 2 is 2.00 bits per heavy atom. The van der Waals surface area contributed by atoms with Crippen molar-refractivity contribution < 1.29 is 19.1 Å². The first-order chi connectivity index (χ1) is 9.65. The second-order valence-electron chi connectivity index (χ2n) is 4.87. The van der Waals surface area contributed by atoms with Crippen LogP contribution < -0.4 is 10.1 Å². The van der Waals surface area contributed by atoms with Crippen molar-refractivity contribution in [2.45, 2.75) is 25.3 Å². The standard InChI is InChI=1S/C15H19NO4/c1-19-13-6-4-3-5-11(13)9-12(15(18)20-2)16-14(17)10-7-8-10/h3-6,10,12H,7-9H2,1-2H3,(H,16,17)/t12-/m0/s1. The highest BCUT2D eigenvalue weighted by molar-refractivity contribution is 5.87. The fourth-order valence-electron chi connectivity index (χ4n) is 2.06. The first-order valence-corrected chi connectivity index (χ1v) is 6.65. The predicted molar refractivity (Wildman–Crippen MR) is 73.4 cm³/mol. The molecule has 0 heterocycles. The molecule has 5 nitrogen and oxygen atoms in total. The number of ether oxygens (including phenoxy) is 2. The molecule has 0 bridgehead atoms. The molecule has 1 atom stereocenters. The summed E-state index contributed by atoms with van der Waals surface area (Å²) in [5.41, 5.74) is 0.862. The molecule has 0 aromatic heterocycles. The SMILES string of the molecule is COC(=O)[C@H](Cc1ccccc1OC)NC(=O)C1CC1. The van der Waals surface area contributed by atoms with E-state index in [1.54, 1.807) is 7.11 Å². The molecule has 1 aliphatic rings. The van der Waals surface area contributed by atoms with Crippen molar-refractivity contribution in [3.8, 4) is 5.75 Å². The van der Waals surface area contributed by atoms with Crippen molar-refractivity contribution >= 4 is 11.9 Å². The van der Waals surface area contributed by atoms with Crippen molar-refractivity contribution in [2.24, 2.45) is 5.92 Å². The monoisotopic (exact) mass is 277 g/mol. The molecule has 1 saturated carbocycles. The molecule has 108 valence electrons. The van der Waals surface area contributed by atoms with Crippen LogP contribution in [0.3, 0.4) is 0 Å². The highest BCUT2D eigenvalue weighted by atomic mass is 16.5. The summed E-state index contributed by atoms with van der Waals surface area (Å²) in [6.07, 6.45) is 2.15. The van der Waals surface area contributed by atoms with Gasteiger partial charge in [-0.1, -0.05) is 18.2 Å². The van der Waals surface area contributed by atoms with Crippen molar-refractivity contribution in [2.75, 3.05) is 14.2 Å². The molecule has 1 amide bonds. The summed E-state index contributed by atoms with van der Waals surface area (Å²) in [4.78, 5) is 23.6. The minimum atomic E-state index is -0.676. The van der Waals surface area contributed by atoms with Gasteiger partial charge in [-0.05, 0) is 24.5 Å². The van der Waals surface area contributed by atoms with Gasteiger partial charge in [-0.2, -0.15) is 0 Å². The van der Waals surface area contributed by atoms with Crippen LogP contribution in [0.5, 0.6) is 5.75 Å². The average molecular weight is 277 g/mol. The summed E-state index contributed by atoms with van der Waals surface area (Å²) in [7, 11) is 2.90. The average Bonchev–Trinajstić information content (AvgIpc) is 3.30. The van der Waals surface area contributed by atoms with E-state index >= 15 is 0 Å². The van der Waals surface area contributed by atoms with Gasteiger partial charge in [0, 0.05) is 12.3 Å². The molecule has 1 fully saturated rings. The Labute approximate surface area is 118 Å². The molecule has 0 radical (unpaired) electrons. The highest BCUT2D eigenvalue weighted by Gasteiger charge is 2.33. The summed E-state index contributed by atoms with van der Waals surface area (Å²) in [5, 5.41) is 2.76. The van der Waals surface area contributed by atoms with Crippen molar-refractivity contribution in [1.29, 1.82) is 0 Å². The molecule has 1 aromatic carbocycles. The highest BCUT2D eigenvalue weighted by Crippen LogP contribution is 2.29. The van der Waals surface area contributed by atoms with Gasteiger partial charge in [0.15, 0.2) is 0 Å². The Morgan fingerprint density at radius 1 is 1.30 bits per heavy atom. The number of carbonyl (C=O) groups is 2. The lowest BCUT2D eigenvalue weighted by Gasteiger charge is -2.17. The van der Waals surface area contributed by atoms with E-state index in [4.69, 9.17) is 9.47 Å². The third kappa shape index (κ3) is 3.50. The molecule has 1 aromatic rings. The number of benzene rings is 1. The van der Waals surface area contributed by atoms with E-state index in [0.29, 0.717) is 12.2 Å². The maximum atomic E-state index is 11.8. The molecule has 0 aliphatic heterocycles. The molecule has 1 N–H and O–H groups in total. The number of para-hydroxylation sites is 1. The van der Waals surface area contributed by atoms with E-state index in [0.717, 1.165) is 18.4 Å². The smallest absolute Gasteiger partial charge is 0.328 e. The van der Waals surface area contributed by atoms with Gasteiger partial charge in [0.2, 0.25) is 5.91 Å². The van der Waals surface area contributed by atoms with Crippen molar-refractivity contribution in [3.63, 3.8) is 0 Å². The maximum absolute atomic E-state index is 11.8. The number of hydrogen-bond acceptors (Lipinski definition) is 4. The third-order valence-electron chi connectivity index (χ3n) is 3.37. The first-order valence-electron chi connectivity index (χ1n) is 6.65. The molecule has 0 spiro atoms. The van der Waals surface area contributed by atoms with Crippen LogP contribution in [-0.2, 0) is 20.7 Å². The van der Waals surface area contributed by atoms with Crippen LogP contribution in [0.15, 0.2) is 24.3 Å². The van der Waals surface area contributed by atoms with Crippen molar-refractivity contribution in [1.82, 2.24) is 5.32 Å². The van der Waals surface area contributed by atoms with E-state index in [9.17, 15) is 9.59 Å². The van der Waals surface area contributed by atoms with Crippen LogP contribution in [0.4, 0.5) is 0 Å². The molecule has 0 unspecified atom stereocenters. The summed E-state index contributed by atoms with van der Waals surface area (Å²) in [6.45, 7) is 0. The Kier molecular flexibility index (Phi) is 4.61. The zero-order valence-electron chi connectivity index (χ0n) is 11.7. The Hall–Kier alpha value is -2.04. The van der Waals surface area contributed by atoms with Gasteiger partial charge >= 0.3 is 5.97 Å². The van der Waals surface area contributed by atoms with Crippen LogP contribution in [0, 0.1) is 5.92 Å². The third-order valence-corrected chi connectivity index (χ3v) is 3.37. The zero-order valence-corrected chi connectivity index (χ0v) is 11.7. The summed E-state index contributed by atoms with van der Waals surface area (Å²) < 4.78 is 10.0. The lowest BCUT2D eigenvalue weighted by Crippen LogP contribution is -2.43. The molecular weight excluding hydrogens is 258 g/mol. The maximum Gasteiger partial charge on any atom is 0.328 e. The van der Waals surface area contributed by atoms with Crippen LogP contribution >= 0.6 is 0 Å². The fourth-order valence-corrected chi connectivity index (χ4v) is 2.06. The molecule has 2 rings (SSSR count). The molecular formula is C15H19NO4. The lowest BCUT2D eigenvalue weighted by atomic mass is 10.0. The molecule has 5 heteroatoms. The molecule has 1 aliphatic carbocycles. The second kappa shape index (κ2) is 6.41. The second-order valence-corrected chi connectivity index (χ2v) is 4.87. The lowest BCUT2D eigenvalue weighted by molar-refractivity contribution is -0.145. The van der Waals surface area contributed by atoms with Gasteiger partial charge in [-0.3, -0.25) is 4.79 Å². The minimum absolute atomic E-state index is 0.0554.